The fourth-order valence-electron chi connectivity index (χ4n) is 3.04. The molecule has 0 saturated carbocycles. The highest BCUT2D eigenvalue weighted by molar-refractivity contribution is 5.92. The number of hydrogen-bond donors (Lipinski definition) is 0. The van der Waals surface area contributed by atoms with Crippen LogP contribution in [0.25, 0.3) is 23.0 Å². The van der Waals surface area contributed by atoms with Gasteiger partial charge in [0.05, 0.1) is 7.11 Å². The molecule has 0 fully saturated rings. The molecule has 2 aromatic carbocycles. The second-order valence-corrected chi connectivity index (χ2v) is 6.58. The van der Waals surface area contributed by atoms with E-state index in [0.29, 0.717) is 11.3 Å². The third-order valence-electron chi connectivity index (χ3n) is 4.71. The first-order valence-electron chi connectivity index (χ1n) is 9.21. The van der Waals surface area contributed by atoms with Gasteiger partial charge in [0.1, 0.15) is 12.2 Å². The first-order valence-corrected chi connectivity index (χ1v) is 9.21. The van der Waals surface area contributed by atoms with Gasteiger partial charge in [-0.25, -0.2) is 4.39 Å². The van der Waals surface area contributed by atoms with Gasteiger partial charge in [0.15, 0.2) is 11.6 Å². The highest BCUT2D eigenvalue weighted by Gasteiger charge is 2.18. The van der Waals surface area contributed by atoms with E-state index in [2.05, 4.69) is 10.1 Å². The van der Waals surface area contributed by atoms with E-state index in [1.807, 2.05) is 30.3 Å². The number of anilines is 1. The standard InChI is InChI=1S/C22H19FN4O3/c1-26(16-7-4-3-5-8-16)20(28)14-27-12-6-9-18(27)22-24-21(25-30-22)15-10-11-19(29-2)17(23)13-15/h3-13H,14H2,1-2H3. The van der Waals surface area contributed by atoms with Gasteiger partial charge in [-0.05, 0) is 42.5 Å². The molecule has 0 radical (unpaired) electrons. The Morgan fingerprint density at radius 1 is 1.17 bits per heavy atom. The number of nitrogens with zero attached hydrogens (tertiary/aromatic N) is 4. The number of benzene rings is 2. The molecule has 7 nitrogen and oxygen atoms in total. The molecule has 2 heterocycles. The van der Waals surface area contributed by atoms with E-state index in [0.717, 1.165) is 5.69 Å². The van der Waals surface area contributed by atoms with Crippen molar-refractivity contribution in [1.29, 1.82) is 0 Å². The average Bonchev–Trinajstić information content (AvgIpc) is 3.43. The molecule has 0 bridgehead atoms. The maximum atomic E-state index is 14.0. The van der Waals surface area contributed by atoms with E-state index in [-0.39, 0.29) is 29.9 Å². The fraction of sp³-hybridized carbons (Fsp3) is 0.136. The van der Waals surface area contributed by atoms with Crippen molar-refractivity contribution in [2.45, 2.75) is 6.54 Å². The number of methoxy groups -OCH3 is 1. The Morgan fingerprint density at radius 2 is 1.97 bits per heavy atom. The lowest BCUT2D eigenvalue weighted by Gasteiger charge is -2.18. The SMILES string of the molecule is COc1ccc(-c2noc(-c3cccn3CC(=O)N(C)c3ccccc3)n2)cc1F. The Bertz CT molecular complexity index is 1170. The zero-order valence-electron chi connectivity index (χ0n) is 16.4. The Morgan fingerprint density at radius 3 is 2.70 bits per heavy atom. The van der Waals surface area contributed by atoms with Crippen molar-refractivity contribution < 1.29 is 18.4 Å². The number of rotatable bonds is 6. The van der Waals surface area contributed by atoms with Gasteiger partial charge in [0.2, 0.25) is 11.7 Å². The van der Waals surface area contributed by atoms with Gasteiger partial charge in [-0.1, -0.05) is 23.4 Å². The summed E-state index contributed by atoms with van der Waals surface area (Å²) >= 11 is 0. The molecule has 4 aromatic rings. The van der Waals surface area contributed by atoms with Crippen LogP contribution in [0.2, 0.25) is 0 Å². The summed E-state index contributed by atoms with van der Waals surface area (Å²) < 4.78 is 26.0. The van der Waals surface area contributed by atoms with Gasteiger partial charge >= 0.3 is 0 Å². The predicted molar refractivity (Wildman–Crippen MR) is 110 cm³/mol. The summed E-state index contributed by atoms with van der Waals surface area (Å²) in [4.78, 5) is 18.6. The molecule has 0 aliphatic carbocycles. The lowest BCUT2D eigenvalue weighted by atomic mass is 10.2. The molecule has 0 unspecified atom stereocenters. The van der Waals surface area contributed by atoms with E-state index in [9.17, 15) is 9.18 Å². The van der Waals surface area contributed by atoms with E-state index in [4.69, 9.17) is 9.26 Å². The number of hydrogen-bond acceptors (Lipinski definition) is 5. The van der Waals surface area contributed by atoms with Gasteiger partial charge in [0, 0.05) is 24.5 Å². The molecule has 0 atom stereocenters. The second-order valence-electron chi connectivity index (χ2n) is 6.58. The number of halogens is 1. The summed E-state index contributed by atoms with van der Waals surface area (Å²) in [6.45, 7) is 0.0998. The minimum absolute atomic E-state index is 0.0998. The summed E-state index contributed by atoms with van der Waals surface area (Å²) in [6, 6.07) is 17.4. The molecule has 1 amide bonds. The summed E-state index contributed by atoms with van der Waals surface area (Å²) in [7, 11) is 3.12. The summed E-state index contributed by atoms with van der Waals surface area (Å²) in [5.74, 6) is 0.000650. The first-order chi connectivity index (χ1) is 14.6. The summed E-state index contributed by atoms with van der Waals surface area (Å²) in [5.41, 5.74) is 1.86. The molecule has 0 aliphatic heterocycles. The van der Waals surface area contributed by atoms with Gasteiger partial charge in [0.25, 0.3) is 5.89 Å². The van der Waals surface area contributed by atoms with Crippen molar-refractivity contribution in [1.82, 2.24) is 14.7 Å². The molecule has 0 N–H and O–H groups in total. The second kappa shape index (κ2) is 8.20. The molecule has 0 aliphatic rings. The number of aromatic nitrogens is 3. The van der Waals surface area contributed by atoms with E-state index in [1.54, 1.807) is 40.9 Å². The van der Waals surface area contributed by atoms with Crippen LogP contribution >= 0.6 is 0 Å². The monoisotopic (exact) mass is 406 g/mol. The largest absolute Gasteiger partial charge is 0.494 e. The van der Waals surface area contributed by atoms with Crippen molar-refractivity contribution in [2.24, 2.45) is 0 Å². The van der Waals surface area contributed by atoms with E-state index < -0.39 is 5.82 Å². The van der Waals surface area contributed by atoms with Crippen LogP contribution in [0.5, 0.6) is 5.75 Å². The topological polar surface area (TPSA) is 73.4 Å². The van der Waals surface area contributed by atoms with Crippen LogP contribution in [0, 0.1) is 5.82 Å². The molecule has 30 heavy (non-hydrogen) atoms. The normalized spacial score (nSPS) is 10.8. The number of para-hydroxylation sites is 1. The Kier molecular flexibility index (Phi) is 5.30. The van der Waals surface area contributed by atoms with Crippen molar-refractivity contribution in [2.75, 3.05) is 19.1 Å². The third-order valence-corrected chi connectivity index (χ3v) is 4.71. The Hall–Kier alpha value is -3.94. The maximum absolute atomic E-state index is 14.0. The third kappa shape index (κ3) is 3.80. The van der Waals surface area contributed by atoms with Gasteiger partial charge < -0.3 is 18.7 Å². The lowest BCUT2D eigenvalue weighted by molar-refractivity contribution is -0.118. The van der Waals surface area contributed by atoms with Crippen molar-refractivity contribution >= 4 is 11.6 Å². The minimum atomic E-state index is -0.515. The smallest absolute Gasteiger partial charge is 0.274 e. The van der Waals surface area contributed by atoms with Crippen LogP contribution in [-0.4, -0.2) is 34.8 Å². The quantitative estimate of drug-likeness (QED) is 0.484. The van der Waals surface area contributed by atoms with Crippen LogP contribution in [0.4, 0.5) is 10.1 Å². The zero-order chi connectivity index (χ0) is 21.1. The minimum Gasteiger partial charge on any atom is -0.494 e. The lowest BCUT2D eigenvalue weighted by Crippen LogP contribution is -2.29. The van der Waals surface area contributed by atoms with Crippen molar-refractivity contribution in [3.05, 3.63) is 72.7 Å². The molecular formula is C22H19FN4O3. The number of carbonyl (C=O) groups excluding carboxylic acids is 1. The Balaban J connectivity index is 1.55. The van der Waals surface area contributed by atoms with Crippen LogP contribution in [0.3, 0.4) is 0 Å². The average molecular weight is 406 g/mol. The molecule has 2 aromatic heterocycles. The van der Waals surface area contributed by atoms with E-state index in [1.165, 1.54) is 19.2 Å². The predicted octanol–water partition coefficient (Wildman–Crippen LogP) is 4.02. The molecule has 0 saturated heterocycles. The highest BCUT2D eigenvalue weighted by Crippen LogP contribution is 2.26. The molecule has 152 valence electrons. The van der Waals surface area contributed by atoms with Gasteiger partial charge in [-0.2, -0.15) is 4.98 Å². The number of amides is 1. The fourth-order valence-corrected chi connectivity index (χ4v) is 3.04. The molecule has 4 rings (SSSR count). The van der Waals surface area contributed by atoms with Crippen molar-refractivity contribution in [3.8, 4) is 28.7 Å². The summed E-state index contributed by atoms with van der Waals surface area (Å²) in [5, 5.41) is 3.94. The molecule has 0 spiro atoms. The first kappa shape index (κ1) is 19.4. The molecular weight excluding hydrogens is 387 g/mol. The van der Waals surface area contributed by atoms with Crippen LogP contribution < -0.4 is 9.64 Å². The maximum Gasteiger partial charge on any atom is 0.274 e. The van der Waals surface area contributed by atoms with Crippen LogP contribution in [0.15, 0.2) is 71.4 Å². The Labute approximate surface area is 172 Å². The van der Waals surface area contributed by atoms with Gasteiger partial charge in [-0.15, -0.1) is 0 Å². The van der Waals surface area contributed by atoms with Gasteiger partial charge in [-0.3, -0.25) is 4.79 Å². The number of ether oxygens (including phenoxy) is 1. The van der Waals surface area contributed by atoms with Crippen LogP contribution in [-0.2, 0) is 11.3 Å². The van der Waals surface area contributed by atoms with E-state index >= 15 is 0 Å². The van der Waals surface area contributed by atoms with Crippen LogP contribution in [0.1, 0.15) is 0 Å². The number of carbonyl (C=O) groups is 1. The molecule has 8 heteroatoms. The number of likely N-dealkylation sites (N-methyl/N-ethyl adjacent to an activating group) is 1. The zero-order valence-corrected chi connectivity index (χ0v) is 16.4. The summed E-state index contributed by atoms with van der Waals surface area (Å²) in [6.07, 6.45) is 1.77. The highest BCUT2D eigenvalue weighted by atomic mass is 19.1. The van der Waals surface area contributed by atoms with Crippen molar-refractivity contribution in [3.63, 3.8) is 0 Å².